The quantitative estimate of drug-likeness (QED) is 0.804. The van der Waals surface area contributed by atoms with E-state index in [1.807, 2.05) is 19.1 Å². The molecule has 0 spiro atoms. The molecule has 1 saturated heterocycles. The molecule has 1 aliphatic carbocycles. The fourth-order valence-electron chi connectivity index (χ4n) is 4.18. The van der Waals surface area contributed by atoms with Crippen molar-refractivity contribution in [3.63, 3.8) is 0 Å². The van der Waals surface area contributed by atoms with Crippen LogP contribution in [0.15, 0.2) is 29.2 Å². The number of benzene rings is 1. The summed E-state index contributed by atoms with van der Waals surface area (Å²) in [4.78, 5) is 12.5. The van der Waals surface area contributed by atoms with E-state index in [-0.39, 0.29) is 5.91 Å². The Balaban J connectivity index is 1.43. The average molecular weight is 393 g/mol. The van der Waals surface area contributed by atoms with Gasteiger partial charge in [-0.25, -0.2) is 8.42 Å². The second-order valence-corrected chi connectivity index (χ2v) is 10.0. The Morgan fingerprint density at radius 1 is 1.04 bits per heavy atom. The summed E-state index contributed by atoms with van der Waals surface area (Å²) < 4.78 is 27.1. The molecule has 6 heteroatoms. The third kappa shape index (κ3) is 5.55. The highest BCUT2D eigenvalue weighted by Crippen LogP contribution is 2.27. The summed E-state index contributed by atoms with van der Waals surface area (Å²) in [5, 5.41) is 3.17. The van der Waals surface area contributed by atoms with Gasteiger partial charge in [0.1, 0.15) is 0 Å². The Kier molecular flexibility index (Phi) is 6.93. The van der Waals surface area contributed by atoms with Crippen LogP contribution in [-0.4, -0.2) is 37.8 Å². The number of nitrogens with zero attached hydrogens (tertiary/aromatic N) is 1. The van der Waals surface area contributed by atoms with E-state index in [4.69, 9.17) is 0 Å². The van der Waals surface area contributed by atoms with Crippen molar-refractivity contribution in [1.82, 2.24) is 9.62 Å². The first-order chi connectivity index (χ1) is 12.9. The monoisotopic (exact) mass is 392 g/mol. The predicted octanol–water partition coefficient (Wildman–Crippen LogP) is 3.62. The molecule has 150 valence electrons. The third-order valence-electron chi connectivity index (χ3n) is 5.98. The summed E-state index contributed by atoms with van der Waals surface area (Å²) in [6.07, 6.45) is 9.04. The molecule has 0 unspecified atom stereocenters. The summed E-state index contributed by atoms with van der Waals surface area (Å²) in [6, 6.07) is 7.42. The first kappa shape index (κ1) is 20.3. The van der Waals surface area contributed by atoms with Crippen LogP contribution in [0.4, 0.5) is 0 Å². The average Bonchev–Trinajstić information content (AvgIpc) is 2.68. The second-order valence-electron chi connectivity index (χ2n) is 8.10. The highest BCUT2D eigenvalue weighted by Gasteiger charge is 2.29. The van der Waals surface area contributed by atoms with Gasteiger partial charge in [-0.3, -0.25) is 4.79 Å². The van der Waals surface area contributed by atoms with E-state index in [1.165, 1.54) is 19.3 Å². The molecule has 3 rings (SSSR count). The standard InChI is InChI=1S/C21H32N2O3S/c1-17-7-10-20(11-8-17)27(25,26)23-15-13-18(14-16-23)9-12-21(24)22-19-5-3-2-4-6-19/h7-8,10-11,18-19H,2-6,9,12-16H2,1H3,(H,22,24). The molecule has 1 aromatic rings. The minimum atomic E-state index is -3.40. The molecule has 1 aliphatic heterocycles. The van der Waals surface area contributed by atoms with Crippen LogP contribution < -0.4 is 5.32 Å². The zero-order valence-corrected chi connectivity index (χ0v) is 17.1. The van der Waals surface area contributed by atoms with Gasteiger partial charge in [0.05, 0.1) is 4.90 Å². The molecule has 1 aromatic carbocycles. The normalized spacial score (nSPS) is 20.5. The molecule has 2 fully saturated rings. The fraction of sp³-hybridized carbons (Fsp3) is 0.667. The van der Waals surface area contributed by atoms with Gasteiger partial charge in [0, 0.05) is 25.6 Å². The molecular formula is C21H32N2O3S. The first-order valence-corrected chi connectivity index (χ1v) is 11.8. The lowest BCUT2D eigenvalue weighted by Gasteiger charge is -2.31. The van der Waals surface area contributed by atoms with Crippen LogP contribution in [0.2, 0.25) is 0 Å². The Hall–Kier alpha value is -1.40. The number of carbonyl (C=O) groups is 1. The molecule has 1 N–H and O–H groups in total. The minimum absolute atomic E-state index is 0.164. The summed E-state index contributed by atoms with van der Waals surface area (Å²) >= 11 is 0. The summed E-state index contributed by atoms with van der Waals surface area (Å²) in [7, 11) is -3.40. The van der Waals surface area contributed by atoms with Gasteiger partial charge in [-0.1, -0.05) is 37.0 Å². The highest BCUT2D eigenvalue weighted by molar-refractivity contribution is 7.89. The minimum Gasteiger partial charge on any atom is -0.353 e. The maximum absolute atomic E-state index is 12.8. The lowest BCUT2D eigenvalue weighted by molar-refractivity contribution is -0.122. The number of rotatable bonds is 6. The summed E-state index contributed by atoms with van der Waals surface area (Å²) in [5.74, 6) is 0.600. The van der Waals surface area contributed by atoms with Crippen LogP contribution in [0.1, 0.15) is 63.4 Å². The van der Waals surface area contributed by atoms with Gasteiger partial charge in [0.25, 0.3) is 0 Å². The Labute approximate surface area is 163 Å². The number of nitrogens with one attached hydrogen (secondary N) is 1. The Bertz CT molecular complexity index is 716. The van der Waals surface area contributed by atoms with Crippen LogP contribution in [0.3, 0.4) is 0 Å². The molecule has 2 aliphatic rings. The van der Waals surface area contributed by atoms with Crippen molar-refractivity contribution in [2.24, 2.45) is 5.92 Å². The van der Waals surface area contributed by atoms with Gasteiger partial charge in [-0.2, -0.15) is 4.31 Å². The molecule has 0 bridgehead atoms. The van der Waals surface area contributed by atoms with Crippen molar-refractivity contribution >= 4 is 15.9 Å². The zero-order valence-electron chi connectivity index (χ0n) is 16.3. The smallest absolute Gasteiger partial charge is 0.243 e. The maximum atomic E-state index is 12.8. The molecular weight excluding hydrogens is 360 g/mol. The molecule has 0 aromatic heterocycles. The molecule has 1 heterocycles. The Morgan fingerprint density at radius 3 is 2.30 bits per heavy atom. The number of piperidine rings is 1. The van der Waals surface area contributed by atoms with E-state index in [2.05, 4.69) is 5.32 Å². The highest BCUT2D eigenvalue weighted by atomic mass is 32.2. The summed E-state index contributed by atoms with van der Waals surface area (Å²) in [5.41, 5.74) is 1.05. The van der Waals surface area contributed by atoms with E-state index < -0.39 is 10.0 Å². The number of sulfonamides is 1. The largest absolute Gasteiger partial charge is 0.353 e. The van der Waals surface area contributed by atoms with Crippen LogP contribution in [-0.2, 0) is 14.8 Å². The predicted molar refractivity (Wildman–Crippen MR) is 107 cm³/mol. The van der Waals surface area contributed by atoms with E-state index in [9.17, 15) is 13.2 Å². The van der Waals surface area contributed by atoms with Gasteiger partial charge in [-0.15, -0.1) is 0 Å². The third-order valence-corrected chi connectivity index (χ3v) is 7.90. The van der Waals surface area contributed by atoms with Crippen LogP contribution >= 0.6 is 0 Å². The maximum Gasteiger partial charge on any atom is 0.243 e. The van der Waals surface area contributed by atoms with E-state index >= 15 is 0 Å². The van der Waals surface area contributed by atoms with E-state index in [0.717, 1.165) is 37.7 Å². The number of amides is 1. The molecule has 5 nitrogen and oxygen atoms in total. The summed E-state index contributed by atoms with van der Waals surface area (Å²) in [6.45, 7) is 3.04. The molecule has 0 radical (unpaired) electrons. The number of hydrogen-bond donors (Lipinski definition) is 1. The van der Waals surface area contributed by atoms with E-state index in [0.29, 0.717) is 36.4 Å². The van der Waals surface area contributed by atoms with Crippen molar-refractivity contribution in [1.29, 1.82) is 0 Å². The molecule has 1 saturated carbocycles. The van der Waals surface area contributed by atoms with Crippen molar-refractivity contribution in [2.75, 3.05) is 13.1 Å². The lowest BCUT2D eigenvalue weighted by Crippen LogP contribution is -2.39. The van der Waals surface area contributed by atoms with Crippen molar-refractivity contribution in [3.05, 3.63) is 29.8 Å². The van der Waals surface area contributed by atoms with Gasteiger partial charge >= 0.3 is 0 Å². The van der Waals surface area contributed by atoms with Crippen molar-refractivity contribution < 1.29 is 13.2 Å². The fourth-order valence-corrected chi connectivity index (χ4v) is 5.65. The number of carbonyl (C=O) groups excluding carboxylic acids is 1. The van der Waals surface area contributed by atoms with Gasteiger partial charge in [-0.05, 0) is 57.1 Å². The Morgan fingerprint density at radius 2 is 1.67 bits per heavy atom. The first-order valence-electron chi connectivity index (χ1n) is 10.3. The van der Waals surface area contributed by atoms with Crippen molar-refractivity contribution in [2.45, 2.75) is 75.6 Å². The second kappa shape index (κ2) is 9.20. The van der Waals surface area contributed by atoms with Gasteiger partial charge < -0.3 is 5.32 Å². The SMILES string of the molecule is Cc1ccc(S(=O)(=O)N2CCC(CCC(=O)NC3CCCCC3)CC2)cc1. The van der Waals surface area contributed by atoms with Gasteiger partial charge in [0.15, 0.2) is 0 Å². The zero-order chi connectivity index (χ0) is 19.3. The lowest BCUT2D eigenvalue weighted by atomic mass is 9.92. The van der Waals surface area contributed by atoms with Crippen LogP contribution in [0.5, 0.6) is 0 Å². The van der Waals surface area contributed by atoms with E-state index in [1.54, 1.807) is 16.4 Å². The number of hydrogen-bond acceptors (Lipinski definition) is 3. The molecule has 27 heavy (non-hydrogen) atoms. The molecule has 0 atom stereocenters. The van der Waals surface area contributed by atoms with Crippen LogP contribution in [0.25, 0.3) is 0 Å². The topological polar surface area (TPSA) is 66.5 Å². The van der Waals surface area contributed by atoms with Crippen LogP contribution in [0, 0.1) is 12.8 Å². The molecule has 1 amide bonds. The van der Waals surface area contributed by atoms with Gasteiger partial charge in [0.2, 0.25) is 15.9 Å². The number of aryl methyl sites for hydroxylation is 1. The van der Waals surface area contributed by atoms with Crippen molar-refractivity contribution in [3.8, 4) is 0 Å².